The Morgan fingerprint density at radius 1 is 1.16 bits per heavy atom. The molecule has 32 heavy (non-hydrogen) atoms. The van der Waals surface area contributed by atoms with Crippen LogP contribution >= 0.6 is 0 Å². The molecular formula is C25H25N7. The van der Waals surface area contributed by atoms with Gasteiger partial charge in [-0.25, -0.2) is 9.97 Å². The minimum Gasteiger partial charge on any atom is -0.350 e. The van der Waals surface area contributed by atoms with E-state index in [9.17, 15) is 5.26 Å². The first kappa shape index (κ1) is 20.2. The number of benzene rings is 2. The number of nitriles is 1. The van der Waals surface area contributed by atoms with Crippen molar-refractivity contribution >= 4 is 16.7 Å². The van der Waals surface area contributed by atoms with Crippen molar-refractivity contribution < 1.29 is 0 Å². The van der Waals surface area contributed by atoms with Gasteiger partial charge in [-0.15, -0.1) is 0 Å². The second-order valence-corrected chi connectivity index (χ2v) is 8.18. The van der Waals surface area contributed by atoms with Crippen molar-refractivity contribution in [2.75, 3.05) is 18.4 Å². The Bertz CT molecular complexity index is 1280. The van der Waals surface area contributed by atoms with Crippen molar-refractivity contribution in [3.8, 4) is 23.3 Å². The number of anilines is 1. The van der Waals surface area contributed by atoms with Crippen LogP contribution in [0.25, 0.3) is 28.0 Å². The molecular weight excluding hydrogens is 398 g/mol. The summed E-state index contributed by atoms with van der Waals surface area (Å²) in [6.07, 6.45) is 5.75. The van der Waals surface area contributed by atoms with E-state index >= 15 is 0 Å². The van der Waals surface area contributed by atoms with Gasteiger partial charge in [0, 0.05) is 24.3 Å². The molecule has 2 N–H and O–H groups in total. The molecule has 4 aromatic rings. The Kier molecular flexibility index (Phi) is 5.53. The molecule has 0 spiro atoms. The van der Waals surface area contributed by atoms with Crippen molar-refractivity contribution in [3.63, 3.8) is 0 Å². The van der Waals surface area contributed by atoms with Crippen LogP contribution in [0.5, 0.6) is 0 Å². The fourth-order valence-corrected chi connectivity index (χ4v) is 4.21. The minimum absolute atomic E-state index is 0.305. The van der Waals surface area contributed by atoms with Gasteiger partial charge in [-0.1, -0.05) is 36.4 Å². The van der Waals surface area contributed by atoms with Crippen LogP contribution in [0.15, 0.2) is 60.9 Å². The van der Waals surface area contributed by atoms with Crippen LogP contribution in [0, 0.1) is 11.3 Å². The second-order valence-electron chi connectivity index (χ2n) is 8.18. The fraction of sp³-hybridized carbons (Fsp3) is 0.280. The normalized spacial score (nSPS) is 17.1. The lowest BCUT2D eigenvalue weighted by molar-refractivity contribution is 0.478. The summed E-state index contributed by atoms with van der Waals surface area (Å²) in [5.41, 5.74) is 1.78. The molecule has 2 atom stereocenters. The summed E-state index contributed by atoms with van der Waals surface area (Å²) in [4.78, 5) is 13.9. The van der Waals surface area contributed by atoms with Crippen LogP contribution in [0.4, 0.5) is 5.95 Å². The molecule has 1 aliphatic rings. The van der Waals surface area contributed by atoms with E-state index in [-0.39, 0.29) is 5.92 Å². The highest BCUT2D eigenvalue weighted by atomic mass is 15.2. The molecule has 1 fully saturated rings. The Morgan fingerprint density at radius 3 is 2.84 bits per heavy atom. The molecule has 1 saturated heterocycles. The third-order valence-electron chi connectivity index (χ3n) is 5.93. The molecule has 2 aromatic heterocycles. The largest absolute Gasteiger partial charge is 0.350 e. The van der Waals surface area contributed by atoms with E-state index in [1.807, 2.05) is 29.7 Å². The topological polar surface area (TPSA) is 91.5 Å². The molecule has 5 rings (SSSR count). The van der Waals surface area contributed by atoms with Gasteiger partial charge in [-0.3, -0.25) is 4.57 Å². The van der Waals surface area contributed by atoms with E-state index in [2.05, 4.69) is 52.0 Å². The van der Waals surface area contributed by atoms with E-state index < -0.39 is 0 Å². The summed E-state index contributed by atoms with van der Waals surface area (Å²) >= 11 is 0. The van der Waals surface area contributed by atoms with Crippen LogP contribution in [0.1, 0.15) is 31.4 Å². The maximum Gasteiger partial charge on any atom is 0.224 e. The van der Waals surface area contributed by atoms with E-state index in [1.165, 1.54) is 5.39 Å². The number of fused-ring (bicyclic) bond motifs is 1. The van der Waals surface area contributed by atoms with Crippen LogP contribution in [0.2, 0.25) is 0 Å². The number of rotatable bonds is 5. The van der Waals surface area contributed by atoms with Crippen LogP contribution < -0.4 is 10.6 Å². The highest BCUT2D eigenvalue weighted by molar-refractivity contribution is 5.86. The molecule has 0 aliphatic carbocycles. The molecule has 2 aromatic carbocycles. The number of piperidine rings is 1. The zero-order valence-corrected chi connectivity index (χ0v) is 18.0. The molecule has 160 valence electrons. The van der Waals surface area contributed by atoms with Gasteiger partial charge < -0.3 is 10.6 Å². The lowest BCUT2D eigenvalue weighted by Crippen LogP contribution is -2.38. The first-order valence-electron chi connectivity index (χ1n) is 11.0. The number of aromatic nitrogens is 4. The number of hydrogen-bond donors (Lipinski definition) is 2. The smallest absolute Gasteiger partial charge is 0.224 e. The van der Waals surface area contributed by atoms with Gasteiger partial charge in [0.1, 0.15) is 11.6 Å². The zero-order chi connectivity index (χ0) is 21.9. The molecule has 1 aliphatic heterocycles. The summed E-state index contributed by atoms with van der Waals surface area (Å²) in [6.45, 7) is 3.84. The minimum atomic E-state index is -0.328. The summed E-state index contributed by atoms with van der Waals surface area (Å²) < 4.78 is 1.98. The van der Waals surface area contributed by atoms with Crippen molar-refractivity contribution in [2.24, 2.45) is 0 Å². The highest BCUT2D eigenvalue weighted by Crippen LogP contribution is 2.29. The van der Waals surface area contributed by atoms with Crippen molar-refractivity contribution in [2.45, 2.75) is 31.7 Å². The molecule has 0 amide bonds. The van der Waals surface area contributed by atoms with Crippen LogP contribution in [-0.4, -0.2) is 38.7 Å². The van der Waals surface area contributed by atoms with Gasteiger partial charge >= 0.3 is 0 Å². The molecule has 0 saturated carbocycles. The maximum atomic E-state index is 9.61. The lowest BCUT2D eigenvalue weighted by atomic mass is 10.1. The first-order valence-corrected chi connectivity index (χ1v) is 11.0. The van der Waals surface area contributed by atoms with Crippen molar-refractivity contribution in [1.29, 1.82) is 5.26 Å². The maximum absolute atomic E-state index is 9.61. The number of nitrogens with zero attached hydrogens (tertiary/aromatic N) is 5. The van der Waals surface area contributed by atoms with E-state index in [0.717, 1.165) is 48.4 Å². The van der Waals surface area contributed by atoms with E-state index in [4.69, 9.17) is 9.97 Å². The van der Waals surface area contributed by atoms with Gasteiger partial charge in [-0.2, -0.15) is 10.2 Å². The molecule has 7 nitrogen and oxygen atoms in total. The van der Waals surface area contributed by atoms with Crippen LogP contribution in [-0.2, 0) is 0 Å². The number of nitrogens with one attached hydrogen (secondary N) is 2. The Balaban J connectivity index is 1.58. The molecule has 0 bridgehead atoms. The second kappa shape index (κ2) is 8.77. The molecule has 7 heteroatoms. The number of imidazole rings is 1. The van der Waals surface area contributed by atoms with Gasteiger partial charge in [0.25, 0.3) is 0 Å². The molecule has 0 radical (unpaired) electrons. The first-order chi connectivity index (χ1) is 15.7. The lowest BCUT2D eigenvalue weighted by Gasteiger charge is -2.24. The molecule has 3 heterocycles. The third kappa shape index (κ3) is 3.93. The monoisotopic (exact) mass is 423 g/mol. The van der Waals surface area contributed by atoms with Gasteiger partial charge in [0.05, 0.1) is 23.9 Å². The SMILES string of the molecule is C[C@H](C#N)c1cnc(-c2ccc3ccccc3c2)n1-c1ccnc(NC2CCCNC2)n1. The zero-order valence-electron chi connectivity index (χ0n) is 18.0. The third-order valence-corrected chi connectivity index (χ3v) is 5.93. The fourth-order valence-electron chi connectivity index (χ4n) is 4.21. The van der Waals surface area contributed by atoms with E-state index in [0.29, 0.717) is 17.8 Å². The molecule has 1 unspecified atom stereocenters. The predicted octanol–water partition coefficient (Wildman–Crippen LogP) is 4.27. The Morgan fingerprint density at radius 2 is 2.03 bits per heavy atom. The van der Waals surface area contributed by atoms with Crippen molar-refractivity contribution in [1.82, 2.24) is 24.8 Å². The summed E-state index contributed by atoms with van der Waals surface area (Å²) in [5, 5.41) is 18.8. The predicted molar refractivity (Wildman–Crippen MR) is 126 cm³/mol. The summed E-state index contributed by atoms with van der Waals surface area (Å²) in [5.74, 6) is 1.72. The number of hydrogen-bond acceptors (Lipinski definition) is 6. The van der Waals surface area contributed by atoms with E-state index in [1.54, 1.807) is 12.4 Å². The summed E-state index contributed by atoms with van der Waals surface area (Å²) in [6, 6.07) is 19.1. The van der Waals surface area contributed by atoms with Gasteiger partial charge in [0.2, 0.25) is 5.95 Å². The van der Waals surface area contributed by atoms with Crippen molar-refractivity contribution in [3.05, 3.63) is 66.6 Å². The standard InChI is InChI=1S/C25H25N7/c1-17(14-26)22-16-29-24(20-9-8-18-5-2-3-6-19(18)13-20)32(22)23-10-12-28-25(31-23)30-21-7-4-11-27-15-21/h2-3,5-6,8-10,12-13,16-17,21,27H,4,7,11,15H2,1H3,(H,28,30,31)/t17-,21?/m1/s1. The summed E-state index contributed by atoms with van der Waals surface area (Å²) in [7, 11) is 0. The average Bonchev–Trinajstić information content (AvgIpc) is 3.29. The van der Waals surface area contributed by atoms with Gasteiger partial charge in [0.15, 0.2) is 0 Å². The highest BCUT2D eigenvalue weighted by Gasteiger charge is 2.20. The van der Waals surface area contributed by atoms with Gasteiger partial charge in [-0.05, 0) is 49.2 Å². The van der Waals surface area contributed by atoms with Crippen LogP contribution in [0.3, 0.4) is 0 Å². The Labute approximate surface area is 187 Å². The quantitative estimate of drug-likeness (QED) is 0.498. The Hall–Kier alpha value is -3.76. The average molecular weight is 424 g/mol.